The fourth-order valence-electron chi connectivity index (χ4n) is 10.9. The second-order valence-electron chi connectivity index (χ2n) is 17.3. The van der Waals surface area contributed by atoms with Crippen LogP contribution in [0.3, 0.4) is 0 Å². The molecule has 10 aromatic carbocycles. The van der Waals surface area contributed by atoms with Gasteiger partial charge in [0.05, 0.1) is 22.4 Å². The predicted molar refractivity (Wildman–Crippen MR) is 253 cm³/mol. The van der Waals surface area contributed by atoms with E-state index in [1.54, 1.807) is 0 Å². The zero-order valence-electron chi connectivity index (χ0n) is 33.5. The summed E-state index contributed by atoms with van der Waals surface area (Å²) in [5.41, 5.74) is 13.1. The van der Waals surface area contributed by atoms with E-state index < -0.39 is 0 Å². The number of hydrogen-bond acceptors (Lipinski definition) is 3. The summed E-state index contributed by atoms with van der Waals surface area (Å²) in [6.07, 6.45) is 0. The average molecular weight is 781 g/mol. The summed E-state index contributed by atoms with van der Waals surface area (Å²) in [6.45, 7) is 4.76. The van der Waals surface area contributed by atoms with Gasteiger partial charge in [-0.1, -0.05) is 117 Å². The number of aromatic nitrogens is 1. The van der Waals surface area contributed by atoms with Crippen LogP contribution in [0.5, 0.6) is 11.5 Å². The molecule has 0 radical (unpaired) electrons. The van der Waals surface area contributed by atoms with Crippen molar-refractivity contribution in [3.05, 3.63) is 193 Å². The number of benzene rings is 10. The van der Waals surface area contributed by atoms with E-state index >= 15 is 0 Å². The first kappa shape index (κ1) is 33.1. The van der Waals surface area contributed by atoms with Crippen molar-refractivity contribution < 1.29 is 9.15 Å². The highest BCUT2D eigenvalue weighted by atomic mass is 16.5. The quantitative estimate of drug-likeness (QED) is 0.164. The third-order valence-electron chi connectivity index (χ3n) is 13.7. The highest BCUT2D eigenvalue weighted by Gasteiger charge is 2.39. The van der Waals surface area contributed by atoms with Crippen molar-refractivity contribution in [1.29, 1.82) is 0 Å². The molecule has 0 fully saturated rings. The molecule has 14 rings (SSSR count). The van der Waals surface area contributed by atoms with Gasteiger partial charge in [0.1, 0.15) is 11.2 Å². The Morgan fingerprint density at radius 2 is 1.00 bits per heavy atom. The van der Waals surface area contributed by atoms with Gasteiger partial charge in [0.25, 0.3) is 0 Å². The number of ether oxygens (including phenoxy) is 1. The molecule has 0 saturated carbocycles. The first-order valence-electron chi connectivity index (χ1n) is 21.1. The van der Waals surface area contributed by atoms with Gasteiger partial charge in [-0.05, 0) is 127 Å². The molecule has 4 nitrogen and oxygen atoms in total. The predicted octanol–water partition coefficient (Wildman–Crippen LogP) is 16.0. The molecule has 0 N–H and O–H groups in total. The molecule has 0 saturated heterocycles. The lowest BCUT2D eigenvalue weighted by atomic mass is 9.81. The summed E-state index contributed by atoms with van der Waals surface area (Å²) < 4.78 is 15.7. The summed E-state index contributed by atoms with van der Waals surface area (Å²) in [5.74, 6) is 1.68. The molecule has 0 amide bonds. The van der Waals surface area contributed by atoms with E-state index in [1.807, 2.05) is 6.07 Å². The van der Waals surface area contributed by atoms with Gasteiger partial charge in [-0.2, -0.15) is 0 Å². The van der Waals surface area contributed by atoms with Gasteiger partial charge in [-0.25, -0.2) is 0 Å². The van der Waals surface area contributed by atoms with Crippen LogP contribution in [0, 0.1) is 0 Å². The highest BCUT2D eigenvalue weighted by molar-refractivity contribution is 6.26. The Balaban J connectivity index is 0.976. The van der Waals surface area contributed by atoms with Crippen molar-refractivity contribution in [3.8, 4) is 28.3 Å². The molecule has 4 heteroatoms. The molecule has 0 spiro atoms. The highest BCUT2D eigenvalue weighted by Crippen LogP contribution is 2.58. The molecule has 0 bridgehead atoms. The SMILES string of the molecule is CC1(C)c2cc3c(cc2-c2cc4c5ccccc5c5ccccc5c4cc21)Oc1ccccc1N3c1cccc(-n2c3ccccc3c3cc4c(cc32)oc2ccccc24)c1. The molecule has 2 aromatic heterocycles. The topological polar surface area (TPSA) is 30.5 Å². The van der Waals surface area contributed by atoms with Gasteiger partial charge in [0, 0.05) is 44.4 Å². The standard InChI is InChI=1S/C57H36N2O2/c1-57(2)47-29-42-38-19-6-4-17-36(38)35-16-3-5-18-37(35)41(42)27-43(47)44-30-56-52(31-48(44)57)59(50-23-10-12-25-54(50)61-56)34-15-13-14-33(26-34)58-49-22-9-7-20-39(49)45-28-46-40-21-8-11-24-53(40)60-55(46)32-51(45)58/h3-32H,1-2H3. The summed E-state index contributed by atoms with van der Waals surface area (Å²) in [5, 5.41) is 12.4. The lowest BCUT2D eigenvalue weighted by molar-refractivity contribution is 0.476. The minimum atomic E-state index is -0.254. The number of fused-ring (bicyclic) bond motifs is 17. The molecule has 286 valence electrons. The van der Waals surface area contributed by atoms with E-state index in [0.29, 0.717) is 0 Å². The average Bonchev–Trinajstić information content (AvgIpc) is 3.90. The third-order valence-corrected chi connectivity index (χ3v) is 13.7. The van der Waals surface area contributed by atoms with Gasteiger partial charge < -0.3 is 18.6 Å². The van der Waals surface area contributed by atoms with Gasteiger partial charge in [-0.3, -0.25) is 0 Å². The molecule has 61 heavy (non-hydrogen) atoms. The first-order valence-corrected chi connectivity index (χ1v) is 21.1. The number of anilines is 3. The fourth-order valence-corrected chi connectivity index (χ4v) is 10.9. The maximum atomic E-state index is 6.88. The number of para-hydroxylation sites is 4. The van der Waals surface area contributed by atoms with E-state index in [-0.39, 0.29) is 5.41 Å². The van der Waals surface area contributed by atoms with E-state index in [4.69, 9.17) is 9.15 Å². The van der Waals surface area contributed by atoms with Gasteiger partial charge in [-0.15, -0.1) is 0 Å². The second kappa shape index (κ2) is 11.7. The molecule has 2 aliphatic rings. The molecule has 0 atom stereocenters. The summed E-state index contributed by atoms with van der Waals surface area (Å²) in [7, 11) is 0. The summed E-state index contributed by atoms with van der Waals surface area (Å²) >= 11 is 0. The van der Waals surface area contributed by atoms with Gasteiger partial charge in [0.15, 0.2) is 11.5 Å². The molecule has 1 aliphatic carbocycles. The first-order chi connectivity index (χ1) is 30.0. The van der Waals surface area contributed by atoms with Gasteiger partial charge in [0.2, 0.25) is 0 Å². The Labute approximate surface area is 351 Å². The van der Waals surface area contributed by atoms with Crippen LogP contribution >= 0.6 is 0 Å². The lowest BCUT2D eigenvalue weighted by Crippen LogP contribution is -2.19. The van der Waals surface area contributed by atoms with Crippen LogP contribution in [0.15, 0.2) is 186 Å². The van der Waals surface area contributed by atoms with Crippen LogP contribution in [0.2, 0.25) is 0 Å². The van der Waals surface area contributed by atoms with Crippen molar-refractivity contribution >= 4 is 93.1 Å². The van der Waals surface area contributed by atoms with Crippen molar-refractivity contribution in [1.82, 2.24) is 4.57 Å². The van der Waals surface area contributed by atoms with Crippen molar-refractivity contribution in [2.75, 3.05) is 4.90 Å². The van der Waals surface area contributed by atoms with Crippen LogP contribution in [0.1, 0.15) is 25.0 Å². The Kier molecular flexibility index (Phi) is 6.33. The lowest BCUT2D eigenvalue weighted by Gasteiger charge is -2.34. The Bertz CT molecular complexity index is 3900. The fraction of sp³-hybridized carbons (Fsp3) is 0.0526. The van der Waals surface area contributed by atoms with E-state index in [2.05, 4.69) is 199 Å². The third kappa shape index (κ3) is 4.38. The van der Waals surface area contributed by atoms with Crippen LogP contribution < -0.4 is 9.64 Å². The van der Waals surface area contributed by atoms with Crippen molar-refractivity contribution in [2.45, 2.75) is 19.3 Å². The Morgan fingerprint density at radius 3 is 1.80 bits per heavy atom. The van der Waals surface area contributed by atoms with Crippen LogP contribution in [0.25, 0.3) is 92.9 Å². The molecule has 12 aromatic rings. The minimum Gasteiger partial charge on any atom is -0.456 e. The number of nitrogens with zero attached hydrogens (tertiary/aromatic N) is 2. The summed E-state index contributed by atoms with van der Waals surface area (Å²) in [4.78, 5) is 2.39. The Hall–Kier alpha value is -7.82. The second-order valence-corrected chi connectivity index (χ2v) is 17.3. The van der Waals surface area contributed by atoms with E-state index in [1.165, 1.54) is 65.3 Å². The maximum absolute atomic E-state index is 6.88. The molecular formula is C57H36N2O2. The van der Waals surface area contributed by atoms with Gasteiger partial charge >= 0.3 is 0 Å². The van der Waals surface area contributed by atoms with Crippen molar-refractivity contribution in [2.24, 2.45) is 0 Å². The minimum absolute atomic E-state index is 0.254. The van der Waals surface area contributed by atoms with Crippen LogP contribution in [-0.4, -0.2) is 4.57 Å². The zero-order valence-corrected chi connectivity index (χ0v) is 33.5. The largest absolute Gasteiger partial charge is 0.456 e. The monoisotopic (exact) mass is 780 g/mol. The van der Waals surface area contributed by atoms with Crippen LogP contribution in [-0.2, 0) is 5.41 Å². The zero-order chi connectivity index (χ0) is 40.1. The molecule has 1 aliphatic heterocycles. The van der Waals surface area contributed by atoms with E-state index in [0.717, 1.165) is 67.2 Å². The number of furan rings is 1. The molecular weight excluding hydrogens is 745 g/mol. The van der Waals surface area contributed by atoms with Crippen molar-refractivity contribution in [3.63, 3.8) is 0 Å². The number of hydrogen-bond donors (Lipinski definition) is 0. The number of rotatable bonds is 2. The maximum Gasteiger partial charge on any atom is 0.152 e. The van der Waals surface area contributed by atoms with Crippen LogP contribution in [0.4, 0.5) is 17.1 Å². The normalized spacial score (nSPS) is 14.0. The summed E-state index contributed by atoms with van der Waals surface area (Å²) in [6, 6.07) is 66.2. The van der Waals surface area contributed by atoms with E-state index in [9.17, 15) is 0 Å². The molecule has 3 heterocycles. The smallest absolute Gasteiger partial charge is 0.152 e. The Morgan fingerprint density at radius 1 is 0.377 bits per heavy atom. The molecule has 0 unspecified atom stereocenters.